The van der Waals surface area contributed by atoms with Crippen LogP contribution in [0.1, 0.15) is 0 Å². The number of halogens is 1. The van der Waals surface area contributed by atoms with Gasteiger partial charge in [-0.05, 0) is 24.3 Å². The van der Waals surface area contributed by atoms with E-state index in [0.29, 0.717) is 10.2 Å². The van der Waals surface area contributed by atoms with Crippen LogP contribution in [-0.2, 0) is 11.3 Å². The van der Waals surface area contributed by atoms with E-state index in [1.807, 2.05) is 57.9 Å². The molecule has 1 N–H and O–H groups in total. The maximum absolute atomic E-state index is 12.2. The van der Waals surface area contributed by atoms with Gasteiger partial charge in [-0.15, -0.1) is 22.7 Å². The average molecular weight is 401 g/mol. The first kappa shape index (κ1) is 17.0. The fourth-order valence-electron chi connectivity index (χ4n) is 2.49. The zero-order valence-electron chi connectivity index (χ0n) is 13.4. The number of rotatable bonds is 5. The van der Waals surface area contributed by atoms with Gasteiger partial charge in [0.1, 0.15) is 11.6 Å². The highest BCUT2D eigenvalue weighted by Gasteiger charge is 2.13. The normalized spacial score (nSPS) is 10.8. The van der Waals surface area contributed by atoms with E-state index in [1.54, 1.807) is 17.5 Å². The molecule has 0 bridgehead atoms. The topological polar surface area (TPSA) is 59.8 Å². The van der Waals surface area contributed by atoms with E-state index >= 15 is 0 Å². The summed E-state index contributed by atoms with van der Waals surface area (Å²) in [6.45, 7) is 0.206. The summed E-state index contributed by atoms with van der Waals surface area (Å²) in [6.07, 6.45) is 3.54. The summed E-state index contributed by atoms with van der Waals surface area (Å²) in [5.74, 6) is -0.119. The minimum absolute atomic E-state index is 0.119. The SMILES string of the molecule is O=C(Cn1cccc1-c1nc(-c2ccc(Cl)cc2)cs1)Nc1nccs1. The van der Waals surface area contributed by atoms with Crippen molar-refractivity contribution in [3.63, 3.8) is 0 Å². The molecule has 0 saturated heterocycles. The highest BCUT2D eigenvalue weighted by atomic mass is 35.5. The van der Waals surface area contributed by atoms with Crippen LogP contribution < -0.4 is 5.32 Å². The van der Waals surface area contributed by atoms with Crippen molar-refractivity contribution in [2.24, 2.45) is 0 Å². The lowest BCUT2D eigenvalue weighted by Crippen LogP contribution is -2.18. The highest BCUT2D eigenvalue weighted by molar-refractivity contribution is 7.14. The molecule has 0 saturated carbocycles. The first-order valence-electron chi connectivity index (χ1n) is 7.75. The lowest BCUT2D eigenvalue weighted by Gasteiger charge is -2.07. The number of carbonyl (C=O) groups excluding carboxylic acids is 1. The largest absolute Gasteiger partial charge is 0.336 e. The number of carbonyl (C=O) groups is 1. The molecule has 4 aromatic rings. The highest BCUT2D eigenvalue weighted by Crippen LogP contribution is 2.29. The number of benzene rings is 1. The number of nitrogens with zero attached hydrogens (tertiary/aromatic N) is 3. The van der Waals surface area contributed by atoms with E-state index in [2.05, 4.69) is 10.3 Å². The minimum Gasteiger partial charge on any atom is -0.336 e. The monoisotopic (exact) mass is 400 g/mol. The first-order chi connectivity index (χ1) is 12.7. The van der Waals surface area contributed by atoms with E-state index in [9.17, 15) is 4.79 Å². The first-order valence-corrected chi connectivity index (χ1v) is 9.89. The summed E-state index contributed by atoms with van der Waals surface area (Å²) in [5.41, 5.74) is 2.81. The van der Waals surface area contributed by atoms with Gasteiger partial charge in [0.25, 0.3) is 0 Å². The van der Waals surface area contributed by atoms with Crippen molar-refractivity contribution in [3.8, 4) is 22.0 Å². The van der Waals surface area contributed by atoms with Crippen LogP contribution in [0.25, 0.3) is 22.0 Å². The summed E-state index contributed by atoms with van der Waals surface area (Å²) in [6, 6.07) is 11.5. The Morgan fingerprint density at radius 2 is 2.04 bits per heavy atom. The maximum Gasteiger partial charge on any atom is 0.246 e. The van der Waals surface area contributed by atoms with Crippen LogP contribution in [-0.4, -0.2) is 20.4 Å². The second kappa shape index (κ2) is 7.41. The van der Waals surface area contributed by atoms with Crippen molar-refractivity contribution in [3.05, 3.63) is 64.6 Å². The summed E-state index contributed by atoms with van der Waals surface area (Å²) in [7, 11) is 0. The number of amides is 1. The number of thiazole rings is 2. The number of hydrogen-bond donors (Lipinski definition) is 1. The van der Waals surface area contributed by atoms with Crippen molar-refractivity contribution in [1.82, 2.24) is 14.5 Å². The van der Waals surface area contributed by atoms with Gasteiger partial charge in [-0.3, -0.25) is 4.79 Å². The van der Waals surface area contributed by atoms with E-state index in [4.69, 9.17) is 16.6 Å². The van der Waals surface area contributed by atoms with Gasteiger partial charge in [0.15, 0.2) is 5.13 Å². The van der Waals surface area contributed by atoms with Crippen LogP contribution in [0.2, 0.25) is 5.02 Å². The van der Waals surface area contributed by atoms with Gasteiger partial charge < -0.3 is 9.88 Å². The number of nitrogens with one attached hydrogen (secondary N) is 1. The Kier molecular flexibility index (Phi) is 4.83. The molecule has 1 aromatic carbocycles. The van der Waals surface area contributed by atoms with Crippen molar-refractivity contribution < 1.29 is 4.79 Å². The van der Waals surface area contributed by atoms with Gasteiger partial charge >= 0.3 is 0 Å². The number of hydrogen-bond acceptors (Lipinski definition) is 5. The lowest BCUT2D eigenvalue weighted by atomic mass is 10.2. The van der Waals surface area contributed by atoms with E-state index in [-0.39, 0.29) is 12.5 Å². The molecule has 4 rings (SSSR count). The third-order valence-corrected chi connectivity index (χ3v) is 5.49. The van der Waals surface area contributed by atoms with Crippen molar-refractivity contribution in [2.75, 3.05) is 5.32 Å². The molecule has 0 aliphatic carbocycles. The Morgan fingerprint density at radius 1 is 1.19 bits per heavy atom. The van der Waals surface area contributed by atoms with E-state index < -0.39 is 0 Å². The summed E-state index contributed by atoms with van der Waals surface area (Å²) in [5, 5.41) is 8.78. The number of aromatic nitrogens is 3. The van der Waals surface area contributed by atoms with Crippen LogP contribution >= 0.6 is 34.3 Å². The number of anilines is 1. The zero-order valence-corrected chi connectivity index (χ0v) is 15.8. The lowest BCUT2D eigenvalue weighted by molar-refractivity contribution is -0.116. The van der Waals surface area contributed by atoms with Crippen LogP contribution in [0.3, 0.4) is 0 Å². The molecule has 8 heteroatoms. The zero-order chi connectivity index (χ0) is 17.9. The summed E-state index contributed by atoms with van der Waals surface area (Å²) < 4.78 is 1.88. The molecular weight excluding hydrogens is 388 g/mol. The van der Waals surface area contributed by atoms with Crippen molar-refractivity contribution in [2.45, 2.75) is 6.54 Å². The molecule has 0 unspecified atom stereocenters. The Morgan fingerprint density at radius 3 is 2.81 bits per heavy atom. The predicted octanol–water partition coefficient (Wildman–Crippen LogP) is 5.03. The Balaban J connectivity index is 1.53. The summed E-state index contributed by atoms with van der Waals surface area (Å²) >= 11 is 8.88. The second-order valence-corrected chi connectivity index (χ2v) is 7.64. The molecule has 0 spiro atoms. The van der Waals surface area contributed by atoms with E-state index in [0.717, 1.165) is 22.0 Å². The average Bonchev–Trinajstić information content (AvgIpc) is 3.36. The van der Waals surface area contributed by atoms with Crippen molar-refractivity contribution in [1.29, 1.82) is 0 Å². The van der Waals surface area contributed by atoms with Gasteiger partial charge in [-0.2, -0.15) is 0 Å². The predicted molar refractivity (Wildman–Crippen MR) is 107 cm³/mol. The minimum atomic E-state index is -0.119. The standard InChI is InChI=1S/C18H13ClN4OS2/c19-13-5-3-12(4-6-13)14-11-26-17(21-14)15-2-1-8-23(15)10-16(24)22-18-20-7-9-25-18/h1-9,11H,10H2,(H,20,22,24). The molecule has 1 amide bonds. The van der Waals surface area contributed by atoms with Gasteiger partial charge in [-0.25, -0.2) is 9.97 Å². The molecule has 26 heavy (non-hydrogen) atoms. The second-order valence-electron chi connectivity index (χ2n) is 5.45. The van der Waals surface area contributed by atoms with Crippen LogP contribution in [0.4, 0.5) is 5.13 Å². The molecule has 0 aliphatic heterocycles. The van der Waals surface area contributed by atoms with Gasteiger partial charge in [0.05, 0.1) is 11.4 Å². The van der Waals surface area contributed by atoms with Crippen LogP contribution in [0, 0.1) is 0 Å². The van der Waals surface area contributed by atoms with Gasteiger partial charge in [0, 0.05) is 33.7 Å². The maximum atomic E-state index is 12.2. The van der Waals surface area contributed by atoms with E-state index in [1.165, 1.54) is 11.3 Å². The third-order valence-electron chi connectivity index (χ3n) is 3.69. The Hall–Kier alpha value is -2.48. The smallest absolute Gasteiger partial charge is 0.246 e. The molecule has 3 heterocycles. The Bertz CT molecular complexity index is 1020. The van der Waals surface area contributed by atoms with Crippen molar-refractivity contribution >= 4 is 45.3 Å². The fourth-order valence-corrected chi connectivity index (χ4v) is 4.03. The molecule has 0 fully saturated rings. The molecule has 130 valence electrons. The third kappa shape index (κ3) is 3.70. The molecule has 5 nitrogen and oxygen atoms in total. The molecule has 0 atom stereocenters. The molecular formula is C18H13ClN4OS2. The Labute approximate surface area is 162 Å². The fraction of sp³-hybridized carbons (Fsp3) is 0.0556. The molecule has 3 aromatic heterocycles. The van der Waals surface area contributed by atoms with Crippen LogP contribution in [0.5, 0.6) is 0 Å². The van der Waals surface area contributed by atoms with Crippen LogP contribution in [0.15, 0.2) is 59.6 Å². The quantitative estimate of drug-likeness (QED) is 0.511. The summed E-state index contributed by atoms with van der Waals surface area (Å²) in [4.78, 5) is 21.0. The molecule has 0 aliphatic rings. The van der Waals surface area contributed by atoms with Gasteiger partial charge in [0.2, 0.25) is 5.91 Å². The van der Waals surface area contributed by atoms with Gasteiger partial charge in [-0.1, -0.05) is 23.7 Å². The molecule has 0 radical (unpaired) electrons.